The smallest absolute Gasteiger partial charge is 0.338 e. The second-order valence-electron chi connectivity index (χ2n) is 7.96. The molecule has 1 atom stereocenters. The van der Waals surface area contributed by atoms with Gasteiger partial charge in [-0.3, -0.25) is 0 Å². The number of esters is 1. The van der Waals surface area contributed by atoms with Crippen LogP contribution in [0.25, 0.3) is 6.08 Å². The van der Waals surface area contributed by atoms with E-state index in [1.807, 2.05) is 32.9 Å². The van der Waals surface area contributed by atoms with Gasteiger partial charge in [0.15, 0.2) is 17.6 Å². The normalized spacial score (nSPS) is 15.2. The fourth-order valence-corrected chi connectivity index (χ4v) is 3.30. The van der Waals surface area contributed by atoms with E-state index in [0.717, 1.165) is 5.56 Å². The van der Waals surface area contributed by atoms with Crippen LogP contribution in [0.3, 0.4) is 0 Å². The van der Waals surface area contributed by atoms with Crippen molar-refractivity contribution in [2.24, 2.45) is 0 Å². The lowest BCUT2D eigenvalue weighted by Crippen LogP contribution is -2.29. The molecule has 1 aliphatic rings. The van der Waals surface area contributed by atoms with Crippen LogP contribution in [0.2, 0.25) is 0 Å². The molecule has 31 heavy (non-hydrogen) atoms. The Labute approximate surface area is 182 Å². The van der Waals surface area contributed by atoms with Crippen molar-refractivity contribution in [1.82, 2.24) is 0 Å². The quantitative estimate of drug-likeness (QED) is 0.624. The third-order valence-electron chi connectivity index (χ3n) is 4.68. The molecule has 0 N–H and O–H groups in total. The van der Waals surface area contributed by atoms with E-state index < -0.39 is 17.7 Å². The first kappa shape index (κ1) is 22.3. The van der Waals surface area contributed by atoms with Crippen molar-refractivity contribution < 1.29 is 33.2 Å². The summed E-state index contributed by atoms with van der Waals surface area (Å²) in [5.74, 6) is 2.14. The fraction of sp³-hybridized carbons (Fsp3) is 0.375. The standard InChI is InChI=1S/C24H28O7/c1-24(2,3)31-23(25)17-10-14-8-9-16(26-4)13-18(14)30-21(17)15-11-19(27-5)22(29-7)20(12-15)28-6/h8-13,21H,1-7H3. The van der Waals surface area contributed by atoms with Gasteiger partial charge in [0.2, 0.25) is 5.75 Å². The molecule has 0 amide bonds. The Morgan fingerprint density at radius 1 is 0.903 bits per heavy atom. The third-order valence-corrected chi connectivity index (χ3v) is 4.68. The maximum absolute atomic E-state index is 13.1. The Balaban J connectivity index is 2.15. The number of hydrogen-bond acceptors (Lipinski definition) is 7. The summed E-state index contributed by atoms with van der Waals surface area (Å²) in [6, 6.07) is 8.95. The van der Waals surface area contributed by atoms with Crippen molar-refractivity contribution >= 4 is 12.0 Å². The lowest BCUT2D eigenvalue weighted by Gasteiger charge is -2.29. The predicted molar refractivity (Wildman–Crippen MR) is 116 cm³/mol. The molecule has 0 spiro atoms. The van der Waals surface area contributed by atoms with Gasteiger partial charge in [-0.2, -0.15) is 0 Å². The molecular formula is C24H28O7. The molecule has 0 radical (unpaired) electrons. The first-order valence-corrected chi connectivity index (χ1v) is 9.80. The Kier molecular flexibility index (Phi) is 6.34. The second-order valence-corrected chi connectivity index (χ2v) is 7.96. The minimum Gasteiger partial charge on any atom is -0.497 e. The molecule has 2 aromatic rings. The van der Waals surface area contributed by atoms with E-state index in [2.05, 4.69) is 0 Å². The van der Waals surface area contributed by atoms with Crippen molar-refractivity contribution in [3.05, 3.63) is 47.0 Å². The zero-order chi connectivity index (χ0) is 22.8. The van der Waals surface area contributed by atoms with E-state index in [0.29, 0.717) is 39.9 Å². The summed E-state index contributed by atoms with van der Waals surface area (Å²) in [7, 11) is 6.19. The number of carbonyl (C=O) groups excluding carboxylic acids is 1. The summed E-state index contributed by atoms with van der Waals surface area (Å²) < 4.78 is 33.6. The molecule has 0 aromatic heterocycles. The van der Waals surface area contributed by atoms with Crippen LogP contribution in [-0.4, -0.2) is 40.0 Å². The summed E-state index contributed by atoms with van der Waals surface area (Å²) >= 11 is 0. The monoisotopic (exact) mass is 428 g/mol. The number of hydrogen-bond donors (Lipinski definition) is 0. The summed E-state index contributed by atoms with van der Waals surface area (Å²) in [6.45, 7) is 5.47. The van der Waals surface area contributed by atoms with Crippen LogP contribution in [0, 0.1) is 0 Å². The first-order valence-electron chi connectivity index (χ1n) is 9.80. The lowest BCUT2D eigenvalue weighted by molar-refractivity contribution is -0.150. The van der Waals surface area contributed by atoms with Crippen molar-refractivity contribution in [1.29, 1.82) is 0 Å². The van der Waals surface area contributed by atoms with Crippen LogP contribution in [0.5, 0.6) is 28.7 Å². The van der Waals surface area contributed by atoms with E-state index in [-0.39, 0.29) is 0 Å². The van der Waals surface area contributed by atoms with Crippen molar-refractivity contribution in [2.45, 2.75) is 32.5 Å². The second kappa shape index (κ2) is 8.79. The highest BCUT2D eigenvalue weighted by molar-refractivity contribution is 5.96. The molecule has 0 aliphatic carbocycles. The molecule has 3 rings (SSSR count). The van der Waals surface area contributed by atoms with Gasteiger partial charge in [0.05, 0.1) is 34.0 Å². The van der Waals surface area contributed by atoms with E-state index in [1.165, 1.54) is 21.3 Å². The maximum Gasteiger partial charge on any atom is 0.338 e. The third kappa shape index (κ3) is 4.71. The lowest BCUT2D eigenvalue weighted by atomic mass is 9.95. The molecule has 1 aliphatic heterocycles. The van der Waals surface area contributed by atoms with Crippen LogP contribution in [0.4, 0.5) is 0 Å². The molecule has 2 aromatic carbocycles. The van der Waals surface area contributed by atoms with Gasteiger partial charge in [-0.1, -0.05) is 0 Å². The average Bonchev–Trinajstić information content (AvgIpc) is 2.75. The van der Waals surface area contributed by atoms with Gasteiger partial charge in [0.1, 0.15) is 17.1 Å². The van der Waals surface area contributed by atoms with Crippen LogP contribution in [0.1, 0.15) is 38.0 Å². The number of methoxy groups -OCH3 is 4. The highest BCUT2D eigenvalue weighted by Gasteiger charge is 2.34. The van der Waals surface area contributed by atoms with Gasteiger partial charge in [0, 0.05) is 17.2 Å². The van der Waals surface area contributed by atoms with E-state index in [9.17, 15) is 4.79 Å². The van der Waals surface area contributed by atoms with Crippen molar-refractivity contribution in [2.75, 3.05) is 28.4 Å². The van der Waals surface area contributed by atoms with Gasteiger partial charge in [0.25, 0.3) is 0 Å². The molecule has 0 saturated carbocycles. The van der Waals surface area contributed by atoms with E-state index >= 15 is 0 Å². The fourth-order valence-electron chi connectivity index (χ4n) is 3.30. The molecule has 7 nitrogen and oxygen atoms in total. The molecule has 1 unspecified atom stereocenters. The molecule has 0 bridgehead atoms. The van der Waals surface area contributed by atoms with E-state index in [4.69, 9.17) is 28.4 Å². The number of rotatable bonds is 6. The number of benzene rings is 2. The highest BCUT2D eigenvalue weighted by Crippen LogP contribution is 2.45. The van der Waals surface area contributed by atoms with Crippen LogP contribution in [-0.2, 0) is 9.53 Å². The molecule has 0 saturated heterocycles. The zero-order valence-electron chi connectivity index (χ0n) is 18.9. The van der Waals surface area contributed by atoms with Crippen molar-refractivity contribution in [3.63, 3.8) is 0 Å². The maximum atomic E-state index is 13.1. The zero-order valence-corrected chi connectivity index (χ0v) is 18.9. The molecule has 7 heteroatoms. The van der Waals surface area contributed by atoms with Crippen LogP contribution in [0.15, 0.2) is 35.9 Å². The Bertz CT molecular complexity index is 976. The predicted octanol–water partition coefficient (Wildman–Crippen LogP) is 4.58. The first-order chi connectivity index (χ1) is 14.7. The Hall–Kier alpha value is -3.35. The molecule has 0 fully saturated rings. The minimum atomic E-state index is -0.747. The molecule has 166 valence electrons. The number of ether oxygens (including phenoxy) is 6. The molecule has 1 heterocycles. The largest absolute Gasteiger partial charge is 0.497 e. The average molecular weight is 428 g/mol. The topological polar surface area (TPSA) is 72.5 Å². The summed E-state index contributed by atoms with van der Waals surface area (Å²) in [6.07, 6.45) is 1.03. The van der Waals surface area contributed by atoms with Crippen LogP contribution >= 0.6 is 0 Å². The van der Waals surface area contributed by atoms with Gasteiger partial charge in [-0.05, 0) is 51.1 Å². The minimum absolute atomic E-state index is 0.363. The number of carbonyl (C=O) groups is 1. The van der Waals surface area contributed by atoms with Crippen molar-refractivity contribution in [3.8, 4) is 28.7 Å². The molecular weight excluding hydrogens is 400 g/mol. The Morgan fingerprint density at radius 3 is 2.06 bits per heavy atom. The summed E-state index contributed by atoms with van der Waals surface area (Å²) in [5, 5.41) is 0. The van der Waals surface area contributed by atoms with Gasteiger partial charge in [-0.15, -0.1) is 0 Å². The van der Waals surface area contributed by atoms with Gasteiger partial charge < -0.3 is 28.4 Å². The van der Waals surface area contributed by atoms with Gasteiger partial charge >= 0.3 is 5.97 Å². The van der Waals surface area contributed by atoms with Gasteiger partial charge in [-0.25, -0.2) is 4.79 Å². The SMILES string of the molecule is COc1ccc2c(c1)OC(c1cc(OC)c(OC)c(OC)c1)C(C(=O)OC(C)(C)C)=C2. The number of fused-ring (bicyclic) bond motifs is 1. The highest BCUT2D eigenvalue weighted by atomic mass is 16.6. The summed E-state index contributed by atoms with van der Waals surface area (Å²) in [5.41, 5.74) is 1.12. The summed E-state index contributed by atoms with van der Waals surface area (Å²) in [4.78, 5) is 13.1. The van der Waals surface area contributed by atoms with Crippen LogP contribution < -0.4 is 23.7 Å². The Morgan fingerprint density at radius 2 is 1.55 bits per heavy atom. The van der Waals surface area contributed by atoms with E-state index in [1.54, 1.807) is 31.4 Å².